The molecule has 0 spiro atoms. The molecule has 2 aliphatic rings. The monoisotopic (exact) mass is 398 g/mol. The van der Waals surface area contributed by atoms with Gasteiger partial charge in [0.1, 0.15) is 5.92 Å². The van der Waals surface area contributed by atoms with Gasteiger partial charge in [0.05, 0.1) is 9.92 Å². The molecule has 1 aromatic carbocycles. The van der Waals surface area contributed by atoms with Gasteiger partial charge in [-0.1, -0.05) is 25.4 Å². The van der Waals surface area contributed by atoms with Crippen LogP contribution in [0.2, 0.25) is 5.02 Å². The maximum Gasteiger partial charge on any atom is 0.205 e. The van der Waals surface area contributed by atoms with E-state index in [1.54, 1.807) is 13.8 Å². The van der Waals surface area contributed by atoms with Crippen LogP contribution in [0.15, 0.2) is 17.0 Å². The summed E-state index contributed by atoms with van der Waals surface area (Å²) in [5.74, 6) is -2.89. The Morgan fingerprint density at radius 2 is 1.92 bits per heavy atom. The van der Waals surface area contributed by atoms with Gasteiger partial charge >= 0.3 is 0 Å². The fraction of sp³-hybridized carbons (Fsp3) is 0.500. The number of carbonyl (C=O) groups excluding carboxylic acids is 3. The van der Waals surface area contributed by atoms with Gasteiger partial charge in [-0.15, -0.1) is 0 Å². The molecule has 0 bridgehead atoms. The quantitative estimate of drug-likeness (QED) is 0.573. The number of fused-ring (bicyclic) bond motifs is 1. The molecule has 1 aromatic rings. The van der Waals surface area contributed by atoms with Crippen molar-refractivity contribution >= 4 is 38.8 Å². The van der Waals surface area contributed by atoms with E-state index in [4.69, 9.17) is 16.3 Å². The highest BCUT2D eigenvalue weighted by Crippen LogP contribution is 2.40. The van der Waals surface area contributed by atoms with E-state index in [1.807, 2.05) is 0 Å². The van der Waals surface area contributed by atoms with Crippen LogP contribution in [-0.2, 0) is 30.6 Å². The van der Waals surface area contributed by atoms with E-state index >= 15 is 0 Å². The number of hydrogen-bond acceptors (Lipinski definition) is 6. The second-order valence-corrected chi connectivity index (χ2v) is 9.76. The Labute approximate surface area is 156 Å². The van der Waals surface area contributed by atoms with Crippen molar-refractivity contribution in [2.45, 2.75) is 43.4 Å². The summed E-state index contributed by atoms with van der Waals surface area (Å²) in [5, 5.41) is -0.0281. The Balaban J connectivity index is 2.06. The second-order valence-electron chi connectivity index (χ2n) is 7.33. The predicted octanol–water partition coefficient (Wildman–Crippen LogP) is 2.40. The van der Waals surface area contributed by atoms with Gasteiger partial charge in [0.2, 0.25) is 9.84 Å². The van der Waals surface area contributed by atoms with Gasteiger partial charge in [0.15, 0.2) is 22.8 Å². The van der Waals surface area contributed by atoms with E-state index < -0.39 is 44.0 Å². The van der Waals surface area contributed by atoms with Crippen molar-refractivity contribution < 1.29 is 27.5 Å². The smallest absolute Gasteiger partial charge is 0.205 e. The van der Waals surface area contributed by atoms with Gasteiger partial charge in [0.25, 0.3) is 0 Å². The number of rotatable bonds is 3. The maximum atomic E-state index is 12.9. The summed E-state index contributed by atoms with van der Waals surface area (Å²) in [7, 11) is -2.39. The minimum absolute atomic E-state index is 0.00164. The molecule has 1 heterocycles. The molecule has 1 fully saturated rings. The molecule has 6 nitrogen and oxygen atoms in total. The Kier molecular flexibility index (Phi) is 4.61. The molecule has 0 amide bonds. The molecular weight excluding hydrogens is 380 g/mol. The van der Waals surface area contributed by atoms with Crippen molar-refractivity contribution in [3.05, 3.63) is 28.3 Å². The zero-order valence-corrected chi connectivity index (χ0v) is 16.2. The Bertz CT molecular complexity index is 931. The van der Waals surface area contributed by atoms with Crippen molar-refractivity contribution in [3.63, 3.8) is 0 Å². The predicted molar refractivity (Wildman–Crippen MR) is 94.0 cm³/mol. The Morgan fingerprint density at radius 3 is 2.54 bits per heavy atom. The molecule has 1 saturated carbocycles. The molecule has 26 heavy (non-hydrogen) atoms. The van der Waals surface area contributed by atoms with Crippen LogP contribution in [0.1, 0.15) is 42.6 Å². The third-order valence-corrected chi connectivity index (χ3v) is 7.74. The molecule has 0 saturated heterocycles. The average molecular weight is 399 g/mol. The van der Waals surface area contributed by atoms with E-state index in [0.717, 1.165) is 0 Å². The summed E-state index contributed by atoms with van der Waals surface area (Å²) in [4.78, 5) is 37.8. The SMILES string of the molecule is COC1Cc2c(ccc(C(=O)C3C(=O)CCC(C)(C)C3=O)c2Cl)S1(=O)=O. The van der Waals surface area contributed by atoms with Gasteiger partial charge in [-0.05, 0) is 24.1 Å². The first-order valence-corrected chi connectivity index (χ1v) is 10.1. The molecule has 1 aliphatic carbocycles. The zero-order valence-electron chi connectivity index (χ0n) is 14.7. The van der Waals surface area contributed by atoms with Crippen LogP contribution >= 0.6 is 11.6 Å². The first-order valence-electron chi connectivity index (χ1n) is 8.21. The summed E-state index contributed by atoms with van der Waals surface area (Å²) in [6.45, 7) is 3.42. The average Bonchev–Trinajstić information content (AvgIpc) is 2.83. The Hall–Kier alpha value is -1.57. The molecule has 0 N–H and O–H groups in total. The van der Waals surface area contributed by atoms with Gasteiger partial charge in [-0.3, -0.25) is 14.4 Å². The number of sulfone groups is 1. The topological polar surface area (TPSA) is 94.6 Å². The molecular formula is C18H19ClO6S. The van der Waals surface area contributed by atoms with E-state index in [1.165, 1.54) is 19.2 Å². The van der Waals surface area contributed by atoms with Gasteiger partial charge in [-0.2, -0.15) is 0 Å². The van der Waals surface area contributed by atoms with Crippen molar-refractivity contribution in [3.8, 4) is 0 Å². The van der Waals surface area contributed by atoms with E-state index in [0.29, 0.717) is 12.0 Å². The molecule has 140 valence electrons. The van der Waals surface area contributed by atoms with Crippen LogP contribution in [0.5, 0.6) is 0 Å². The molecule has 1 aliphatic heterocycles. The first kappa shape index (κ1) is 19.2. The van der Waals surface area contributed by atoms with E-state index in [9.17, 15) is 22.8 Å². The number of methoxy groups -OCH3 is 1. The van der Waals surface area contributed by atoms with Crippen LogP contribution in [0, 0.1) is 11.3 Å². The van der Waals surface area contributed by atoms with Crippen molar-refractivity contribution in [2.75, 3.05) is 7.11 Å². The number of carbonyl (C=O) groups is 3. The molecule has 2 atom stereocenters. The van der Waals surface area contributed by atoms with Crippen LogP contribution in [0.4, 0.5) is 0 Å². The standard InChI is InChI=1S/C18H19ClO6S/c1-18(2)7-6-11(20)14(17(18)22)16(21)9-4-5-12-10(15(9)19)8-13(25-3)26(12,23)24/h4-5,13-14H,6-8H2,1-3H3. The third-order valence-electron chi connectivity index (χ3n) is 5.26. The molecule has 2 unspecified atom stereocenters. The lowest BCUT2D eigenvalue weighted by molar-refractivity contribution is -0.140. The fourth-order valence-corrected chi connectivity index (χ4v) is 5.64. The van der Waals surface area contributed by atoms with Crippen LogP contribution in [0.3, 0.4) is 0 Å². The zero-order chi connectivity index (χ0) is 19.4. The molecule has 0 aromatic heterocycles. The molecule has 8 heteroatoms. The van der Waals surface area contributed by atoms with Crippen LogP contribution in [0.25, 0.3) is 0 Å². The highest BCUT2D eigenvalue weighted by molar-refractivity contribution is 7.92. The van der Waals surface area contributed by atoms with Gasteiger partial charge < -0.3 is 4.74 Å². The number of halogens is 1. The summed E-state index contributed by atoms with van der Waals surface area (Å²) in [6.07, 6.45) is 0.574. The minimum Gasteiger partial charge on any atom is -0.365 e. The second kappa shape index (κ2) is 6.25. The normalized spacial score (nSPS) is 26.6. The van der Waals surface area contributed by atoms with Crippen LogP contribution < -0.4 is 0 Å². The lowest BCUT2D eigenvalue weighted by Crippen LogP contribution is -2.44. The fourth-order valence-electron chi connectivity index (χ4n) is 3.54. The molecule has 0 radical (unpaired) electrons. The minimum atomic E-state index is -3.68. The summed E-state index contributed by atoms with van der Waals surface area (Å²) in [6, 6.07) is 2.58. The van der Waals surface area contributed by atoms with E-state index in [2.05, 4.69) is 0 Å². The summed E-state index contributed by atoms with van der Waals surface area (Å²) < 4.78 is 29.7. The number of ketones is 3. The largest absolute Gasteiger partial charge is 0.365 e. The van der Waals surface area contributed by atoms with Gasteiger partial charge in [0, 0.05) is 30.9 Å². The Morgan fingerprint density at radius 1 is 1.27 bits per heavy atom. The number of benzene rings is 1. The number of hydrogen-bond donors (Lipinski definition) is 0. The highest BCUT2D eigenvalue weighted by Gasteiger charge is 2.47. The first-order chi connectivity index (χ1) is 12.0. The lowest BCUT2D eigenvalue weighted by Gasteiger charge is -2.32. The highest BCUT2D eigenvalue weighted by atomic mass is 35.5. The van der Waals surface area contributed by atoms with Gasteiger partial charge in [-0.25, -0.2) is 8.42 Å². The third kappa shape index (κ3) is 2.73. The summed E-state index contributed by atoms with van der Waals surface area (Å²) in [5.41, 5.74) is -1.53. The van der Waals surface area contributed by atoms with Crippen molar-refractivity contribution in [1.29, 1.82) is 0 Å². The maximum absolute atomic E-state index is 12.9. The van der Waals surface area contributed by atoms with Crippen molar-refractivity contribution in [1.82, 2.24) is 0 Å². The van der Waals surface area contributed by atoms with Crippen molar-refractivity contribution in [2.24, 2.45) is 11.3 Å². The van der Waals surface area contributed by atoms with Crippen LogP contribution in [-0.4, -0.2) is 38.3 Å². The molecule has 3 rings (SSSR count). The number of Topliss-reactive ketones (excluding diaryl/α,β-unsaturated/α-hetero) is 3. The number of ether oxygens (including phenoxy) is 1. The summed E-state index contributed by atoms with van der Waals surface area (Å²) >= 11 is 6.32. The lowest BCUT2D eigenvalue weighted by atomic mass is 9.68. The van der Waals surface area contributed by atoms with E-state index in [-0.39, 0.29) is 28.3 Å².